The number of anilines is 1. The molecule has 0 aliphatic heterocycles. The van der Waals surface area contributed by atoms with Crippen molar-refractivity contribution >= 4 is 33.2 Å². The van der Waals surface area contributed by atoms with Crippen molar-refractivity contribution in [3.05, 3.63) is 52.8 Å². The van der Waals surface area contributed by atoms with Crippen molar-refractivity contribution in [1.82, 2.24) is 10.4 Å². The van der Waals surface area contributed by atoms with Crippen molar-refractivity contribution in [2.24, 2.45) is 5.84 Å². The van der Waals surface area contributed by atoms with Gasteiger partial charge in [-0.3, -0.25) is 14.9 Å². The number of nitrogens with two attached hydrogens (primary N) is 1. The fourth-order valence-electron chi connectivity index (χ4n) is 2.10. The van der Waals surface area contributed by atoms with E-state index in [4.69, 9.17) is 17.4 Å². The van der Waals surface area contributed by atoms with E-state index < -0.39 is 15.9 Å². The molecule has 0 aliphatic carbocycles. The zero-order valence-electron chi connectivity index (χ0n) is 14.0. The van der Waals surface area contributed by atoms with Crippen LogP contribution in [0.15, 0.2) is 41.4 Å². The third kappa shape index (κ3) is 4.47. The second-order valence-corrected chi connectivity index (χ2v) is 8.52. The Morgan fingerprint density at radius 1 is 1.20 bits per heavy atom. The van der Waals surface area contributed by atoms with E-state index in [2.05, 4.69) is 9.71 Å². The number of hydrazine groups is 1. The molecule has 4 N–H and O–H groups in total. The number of hydrogen-bond acceptors (Lipinski definition) is 5. The van der Waals surface area contributed by atoms with Gasteiger partial charge in [0.25, 0.3) is 15.9 Å². The number of sulfonamides is 1. The molecule has 0 atom stereocenters. The van der Waals surface area contributed by atoms with Crippen LogP contribution in [0.2, 0.25) is 5.02 Å². The molecule has 134 valence electrons. The van der Waals surface area contributed by atoms with Gasteiger partial charge in [-0.05, 0) is 29.2 Å². The Morgan fingerprint density at radius 2 is 1.80 bits per heavy atom. The predicted molar refractivity (Wildman–Crippen MR) is 96.9 cm³/mol. The van der Waals surface area contributed by atoms with Crippen LogP contribution in [0, 0.1) is 0 Å². The molecule has 0 fully saturated rings. The van der Waals surface area contributed by atoms with Crippen molar-refractivity contribution in [3.8, 4) is 0 Å². The van der Waals surface area contributed by atoms with Crippen LogP contribution in [-0.4, -0.2) is 19.3 Å². The molecule has 1 heterocycles. The molecule has 0 saturated carbocycles. The second-order valence-electron chi connectivity index (χ2n) is 6.40. The number of pyridine rings is 1. The van der Waals surface area contributed by atoms with Gasteiger partial charge in [0.15, 0.2) is 5.69 Å². The maximum Gasteiger partial charge on any atom is 0.285 e. The summed E-state index contributed by atoms with van der Waals surface area (Å²) in [5.74, 6) is 4.36. The van der Waals surface area contributed by atoms with Crippen LogP contribution in [-0.2, 0) is 15.4 Å². The smallest absolute Gasteiger partial charge is 0.285 e. The highest BCUT2D eigenvalue weighted by Gasteiger charge is 2.21. The molecule has 1 aromatic carbocycles. The number of hydrogen-bond donors (Lipinski definition) is 3. The topological polar surface area (TPSA) is 114 Å². The highest BCUT2D eigenvalue weighted by atomic mass is 35.5. The lowest BCUT2D eigenvalue weighted by atomic mass is 9.87. The van der Waals surface area contributed by atoms with Crippen molar-refractivity contribution in [2.75, 3.05) is 4.72 Å². The molecular formula is C16H19ClN4O3S. The first-order chi connectivity index (χ1) is 11.5. The number of nitrogens with zero attached hydrogens (tertiary/aromatic N) is 1. The summed E-state index contributed by atoms with van der Waals surface area (Å²) >= 11 is 5.85. The zero-order valence-corrected chi connectivity index (χ0v) is 15.6. The Labute approximate surface area is 151 Å². The minimum Gasteiger partial charge on any atom is -0.289 e. The van der Waals surface area contributed by atoms with Gasteiger partial charge in [-0.2, -0.15) is 0 Å². The summed E-state index contributed by atoms with van der Waals surface area (Å²) in [4.78, 5) is 15.6. The van der Waals surface area contributed by atoms with Crippen LogP contribution >= 0.6 is 11.6 Å². The first-order valence-electron chi connectivity index (χ1n) is 7.34. The van der Waals surface area contributed by atoms with Crippen LogP contribution < -0.4 is 16.0 Å². The van der Waals surface area contributed by atoms with Crippen molar-refractivity contribution in [3.63, 3.8) is 0 Å². The minimum atomic E-state index is -3.93. The molecule has 1 amide bonds. The summed E-state index contributed by atoms with van der Waals surface area (Å²) in [7, 11) is -3.93. The van der Waals surface area contributed by atoms with E-state index in [1.807, 2.05) is 26.2 Å². The van der Waals surface area contributed by atoms with E-state index in [-0.39, 0.29) is 26.7 Å². The van der Waals surface area contributed by atoms with E-state index in [0.29, 0.717) is 0 Å². The van der Waals surface area contributed by atoms with Crippen molar-refractivity contribution < 1.29 is 13.2 Å². The van der Waals surface area contributed by atoms with E-state index in [1.54, 1.807) is 12.1 Å². The highest BCUT2D eigenvalue weighted by molar-refractivity contribution is 7.92. The number of benzene rings is 1. The summed E-state index contributed by atoms with van der Waals surface area (Å²) < 4.78 is 27.5. The summed E-state index contributed by atoms with van der Waals surface area (Å²) in [5, 5.41) is 0.175. The number of carbonyl (C=O) groups is 1. The number of aromatic nitrogens is 1. The average molecular weight is 383 g/mol. The fraction of sp³-hybridized carbons (Fsp3) is 0.250. The molecule has 7 nitrogen and oxygen atoms in total. The Balaban J connectivity index is 2.39. The largest absolute Gasteiger partial charge is 0.289 e. The number of rotatable bonds is 4. The first-order valence-corrected chi connectivity index (χ1v) is 9.20. The minimum absolute atomic E-state index is 0.0552. The van der Waals surface area contributed by atoms with Gasteiger partial charge >= 0.3 is 0 Å². The van der Waals surface area contributed by atoms with Gasteiger partial charge in [0, 0.05) is 6.20 Å². The van der Waals surface area contributed by atoms with Crippen LogP contribution in [0.4, 0.5) is 5.69 Å². The summed E-state index contributed by atoms with van der Waals surface area (Å²) in [5.41, 5.74) is 2.57. The SMILES string of the molecule is CC(C)(C)c1ccc(S(=O)(=O)Nc2cc(Cl)cnc2C(=O)NN)cc1. The Kier molecular flexibility index (Phi) is 5.36. The van der Waals surface area contributed by atoms with E-state index in [1.165, 1.54) is 24.4 Å². The van der Waals surface area contributed by atoms with Crippen LogP contribution in [0.5, 0.6) is 0 Å². The molecule has 0 bridgehead atoms. The lowest BCUT2D eigenvalue weighted by Gasteiger charge is -2.19. The molecule has 0 radical (unpaired) electrons. The van der Waals surface area contributed by atoms with Gasteiger partial charge in [0.1, 0.15) is 0 Å². The molecule has 0 saturated heterocycles. The molecule has 0 unspecified atom stereocenters. The van der Waals surface area contributed by atoms with Gasteiger partial charge in [-0.15, -0.1) is 0 Å². The molecule has 0 aliphatic rings. The molecule has 0 spiro atoms. The number of amides is 1. The van der Waals surface area contributed by atoms with Gasteiger partial charge in [-0.1, -0.05) is 44.5 Å². The van der Waals surface area contributed by atoms with Gasteiger partial charge in [0.2, 0.25) is 0 Å². The van der Waals surface area contributed by atoms with Gasteiger partial charge < -0.3 is 0 Å². The standard InChI is InChI=1S/C16H19ClN4O3S/c1-16(2,3)10-4-6-12(7-5-10)25(23,24)21-13-8-11(17)9-19-14(13)15(22)20-18/h4-9,21H,18H2,1-3H3,(H,20,22). The lowest BCUT2D eigenvalue weighted by molar-refractivity contribution is 0.0949. The van der Waals surface area contributed by atoms with Gasteiger partial charge in [0.05, 0.1) is 15.6 Å². The molecule has 25 heavy (non-hydrogen) atoms. The third-order valence-electron chi connectivity index (χ3n) is 3.48. The maximum atomic E-state index is 12.6. The molecular weight excluding hydrogens is 364 g/mol. The quantitative estimate of drug-likeness (QED) is 0.427. The Bertz CT molecular complexity index is 891. The number of halogens is 1. The molecule has 2 rings (SSSR count). The van der Waals surface area contributed by atoms with E-state index in [9.17, 15) is 13.2 Å². The zero-order chi connectivity index (χ0) is 18.8. The molecule has 2 aromatic rings. The van der Waals surface area contributed by atoms with Crippen LogP contribution in [0.25, 0.3) is 0 Å². The molecule has 1 aromatic heterocycles. The van der Waals surface area contributed by atoms with E-state index in [0.717, 1.165) is 5.56 Å². The highest BCUT2D eigenvalue weighted by Crippen LogP contribution is 2.25. The van der Waals surface area contributed by atoms with Crippen molar-refractivity contribution in [1.29, 1.82) is 0 Å². The summed E-state index contributed by atoms with van der Waals surface area (Å²) in [6.07, 6.45) is 1.22. The molecule has 9 heteroatoms. The first kappa shape index (κ1) is 19.2. The summed E-state index contributed by atoms with van der Waals surface area (Å²) in [6, 6.07) is 7.80. The fourth-order valence-corrected chi connectivity index (χ4v) is 3.32. The Hall–Kier alpha value is -2.16. The average Bonchev–Trinajstić information content (AvgIpc) is 2.53. The van der Waals surface area contributed by atoms with Crippen molar-refractivity contribution in [2.45, 2.75) is 31.1 Å². The number of nitrogens with one attached hydrogen (secondary N) is 2. The maximum absolute atomic E-state index is 12.6. The van der Waals surface area contributed by atoms with E-state index >= 15 is 0 Å². The Morgan fingerprint density at radius 3 is 2.32 bits per heavy atom. The monoisotopic (exact) mass is 382 g/mol. The van der Waals surface area contributed by atoms with Gasteiger partial charge in [-0.25, -0.2) is 19.2 Å². The number of nitrogen functional groups attached to an aromatic ring is 1. The third-order valence-corrected chi connectivity index (χ3v) is 5.06. The summed E-state index contributed by atoms with van der Waals surface area (Å²) in [6.45, 7) is 6.10. The normalized spacial score (nSPS) is 11.9. The number of carbonyl (C=O) groups excluding carboxylic acids is 1. The van der Waals surface area contributed by atoms with Crippen LogP contribution in [0.3, 0.4) is 0 Å². The second kappa shape index (κ2) is 6.99. The lowest BCUT2D eigenvalue weighted by Crippen LogP contribution is -2.31. The predicted octanol–water partition coefficient (Wildman–Crippen LogP) is 2.44. The van der Waals surface area contributed by atoms with Crippen LogP contribution in [0.1, 0.15) is 36.8 Å².